The van der Waals surface area contributed by atoms with Crippen molar-refractivity contribution in [3.8, 4) is 0 Å². The van der Waals surface area contributed by atoms with Gasteiger partial charge in [-0.15, -0.1) is 0 Å². The molecule has 0 aromatic heterocycles. The number of carbonyl (C=O) groups is 1. The van der Waals surface area contributed by atoms with E-state index in [0.717, 1.165) is 70.6 Å². The summed E-state index contributed by atoms with van der Waals surface area (Å²) in [4.78, 5) is 13.1. The highest BCUT2D eigenvalue weighted by atomic mass is 16.7. The molecule has 0 bridgehead atoms. The summed E-state index contributed by atoms with van der Waals surface area (Å²) in [5.74, 6) is -0.190. The van der Waals surface area contributed by atoms with Crippen molar-refractivity contribution in [3.05, 3.63) is 85.1 Å². The molecule has 1 rings (SSSR count). The molecule has 1 aliphatic rings. The van der Waals surface area contributed by atoms with Gasteiger partial charge in [0.15, 0.2) is 6.29 Å². The minimum Gasteiger partial charge on any atom is -0.394 e. The van der Waals surface area contributed by atoms with Crippen LogP contribution in [-0.2, 0) is 14.3 Å². The highest BCUT2D eigenvalue weighted by molar-refractivity contribution is 5.76. The molecule has 6 N–H and O–H groups in total. The van der Waals surface area contributed by atoms with Crippen LogP contribution in [-0.4, -0.2) is 87.5 Å². The third-order valence-electron chi connectivity index (χ3n) is 13.2. The van der Waals surface area contributed by atoms with Crippen LogP contribution in [0.5, 0.6) is 0 Å². The Labute approximate surface area is 429 Å². The van der Waals surface area contributed by atoms with Crippen molar-refractivity contribution in [3.63, 3.8) is 0 Å². The predicted octanol–water partition coefficient (Wildman–Crippen LogP) is 14.2. The molecule has 9 nitrogen and oxygen atoms in total. The number of hydrogen-bond donors (Lipinski definition) is 6. The number of allylic oxidation sites excluding steroid dienone is 13. The quantitative estimate of drug-likeness (QED) is 0.0261. The van der Waals surface area contributed by atoms with Gasteiger partial charge in [0.05, 0.1) is 25.4 Å². The maximum Gasteiger partial charge on any atom is 0.220 e. The van der Waals surface area contributed by atoms with Crippen LogP contribution in [0.3, 0.4) is 0 Å². The fourth-order valence-corrected chi connectivity index (χ4v) is 8.67. The molecule has 0 radical (unpaired) electrons. The molecular formula is C61H107NO8. The van der Waals surface area contributed by atoms with E-state index in [2.05, 4.69) is 92.1 Å². The Bertz CT molecular complexity index is 1370. The van der Waals surface area contributed by atoms with E-state index in [4.69, 9.17) is 9.47 Å². The lowest BCUT2D eigenvalue weighted by molar-refractivity contribution is -0.302. The first-order chi connectivity index (χ1) is 34.3. The second-order valence-electron chi connectivity index (χ2n) is 19.7. The topological polar surface area (TPSA) is 149 Å². The average molecular weight is 983 g/mol. The summed E-state index contributed by atoms with van der Waals surface area (Å²) < 4.78 is 11.3. The summed E-state index contributed by atoms with van der Waals surface area (Å²) in [6, 6.07) is -0.827. The number of aliphatic hydroxyl groups is 5. The van der Waals surface area contributed by atoms with Gasteiger partial charge in [0.2, 0.25) is 5.91 Å². The molecule has 1 fully saturated rings. The first-order valence-electron chi connectivity index (χ1n) is 28.8. The van der Waals surface area contributed by atoms with Crippen molar-refractivity contribution < 1.29 is 39.8 Å². The largest absolute Gasteiger partial charge is 0.394 e. The number of nitrogens with one attached hydrogen (secondary N) is 1. The van der Waals surface area contributed by atoms with Crippen LogP contribution in [0, 0.1) is 0 Å². The van der Waals surface area contributed by atoms with Crippen molar-refractivity contribution >= 4 is 5.91 Å². The Kier molecular flexibility index (Phi) is 46.6. The molecule has 0 spiro atoms. The molecule has 70 heavy (non-hydrogen) atoms. The van der Waals surface area contributed by atoms with Crippen LogP contribution < -0.4 is 5.32 Å². The molecule has 0 aromatic rings. The van der Waals surface area contributed by atoms with Crippen molar-refractivity contribution in [1.82, 2.24) is 5.32 Å². The first kappa shape index (κ1) is 65.4. The predicted molar refractivity (Wildman–Crippen MR) is 295 cm³/mol. The van der Waals surface area contributed by atoms with E-state index >= 15 is 0 Å². The molecule has 1 saturated heterocycles. The van der Waals surface area contributed by atoms with Crippen molar-refractivity contribution in [1.29, 1.82) is 0 Å². The van der Waals surface area contributed by atoms with Gasteiger partial charge in [-0.05, 0) is 77.0 Å². The van der Waals surface area contributed by atoms with E-state index in [-0.39, 0.29) is 12.5 Å². The van der Waals surface area contributed by atoms with Gasteiger partial charge in [0.25, 0.3) is 0 Å². The van der Waals surface area contributed by atoms with Gasteiger partial charge in [-0.1, -0.05) is 240 Å². The monoisotopic (exact) mass is 982 g/mol. The van der Waals surface area contributed by atoms with Gasteiger partial charge in [-0.3, -0.25) is 4.79 Å². The van der Waals surface area contributed by atoms with Crippen molar-refractivity contribution in [2.75, 3.05) is 13.2 Å². The fraction of sp³-hybridized carbons (Fsp3) is 0.754. The Morgan fingerprint density at radius 3 is 1.37 bits per heavy atom. The number of ether oxygens (including phenoxy) is 2. The maximum atomic E-state index is 13.1. The lowest BCUT2D eigenvalue weighted by Crippen LogP contribution is -2.60. The van der Waals surface area contributed by atoms with Gasteiger partial charge < -0.3 is 40.3 Å². The van der Waals surface area contributed by atoms with Crippen LogP contribution in [0.25, 0.3) is 0 Å². The van der Waals surface area contributed by atoms with Gasteiger partial charge in [0, 0.05) is 6.42 Å². The molecule has 9 heteroatoms. The van der Waals surface area contributed by atoms with Gasteiger partial charge in [-0.25, -0.2) is 0 Å². The highest BCUT2D eigenvalue weighted by Gasteiger charge is 2.44. The normalized spacial score (nSPS) is 20.0. The Morgan fingerprint density at radius 1 is 0.500 bits per heavy atom. The van der Waals surface area contributed by atoms with E-state index in [1.165, 1.54) is 148 Å². The summed E-state index contributed by atoms with van der Waals surface area (Å²) in [6.07, 6.45) is 63.6. The van der Waals surface area contributed by atoms with Crippen molar-refractivity contribution in [2.24, 2.45) is 0 Å². The standard InChI is InChI=1S/C61H107NO8/c1-3-5-7-9-11-13-15-17-19-21-23-24-25-26-27-28-29-30-31-32-33-35-37-39-41-43-45-47-49-51-57(65)62-54(53-69-61-60(68)59(67)58(66)56(52-63)70-61)55(64)50-48-46-44-42-40-38-36-34-22-20-18-16-14-12-10-8-6-4-2/h5,7,11,13,17,19,23-24,26-27,40,42,48,50,54-56,58-61,63-64,66-68H,3-4,6,8-10,12,14-16,18,20-22,25,28-39,41,43-47,49,51-53H2,1-2H3,(H,62,65)/b7-5-,13-11-,19-17-,24-23-,27-26-,42-40+,50-48+. The lowest BCUT2D eigenvalue weighted by Gasteiger charge is -2.40. The van der Waals surface area contributed by atoms with E-state index < -0.39 is 49.5 Å². The molecular weight excluding hydrogens is 875 g/mol. The highest BCUT2D eigenvalue weighted by Crippen LogP contribution is 2.23. The first-order valence-corrected chi connectivity index (χ1v) is 28.8. The zero-order valence-electron chi connectivity index (χ0n) is 44.7. The SMILES string of the molecule is CC/C=C\C/C=C\C/C=C\C/C=C\C/C=C\CCCCCCCCCCCCCCCC(=O)NC(COC1OC(CO)C(O)C(O)C1O)C(O)/C=C/CC/C=C/CCCCCCCCCCCCCC. The van der Waals surface area contributed by atoms with Crippen LogP contribution in [0.15, 0.2) is 85.1 Å². The maximum absolute atomic E-state index is 13.1. The summed E-state index contributed by atoms with van der Waals surface area (Å²) in [7, 11) is 0. The summed E-state index contributed by atoms with van der Waals surface area (Å²) >= 11 is 0. The van der Waals surface area contributed by atoms with Crippen LogP contribution in [0.4, 0.5) is 0 Å². The Hall–Kier alpha value is -2.63. The lowest BCUT2D eigenvalue weighted by atomic mass is 9.99. The molecule has 1 aliphatic heterocycles. The molecule has 404 valence electrons. The van der Waals surface area contributed by atoms with E-state index in [1.54, 1.807) is 6.08 Å². The average Bonchev–Trinajstić information content (AvgIpc) is 3.36. The second kappa shape index (κ2) is 49.9. The summed E-state index contributed by atoms with van der Waals surface area (Å²) in [6.45, 7) is 3.65. The number of aliphatic hydroxyl groups excluding tert-OH is 5. The number of unbranched alkanes of at least 4 members (excludes halogenated alkanes) is 26. The summed E-state index contributed by atoms with van der Waals surface area (Å²) in [5.41, 5.74) is 0. The van der Waals surface area contributed by atoms with Crippen LogP contribution in [0.2, 0.25) is 0 Å². The minimum absolute atomic E-state index is 0.190. The number of rotatable bonds is 48. The van der Waals surface area contributed by atoms with Gasteiger partial charge in [0.1, 0.15) is 24.4 Å². The van der Waals surface area contributed by atoms with Gasteiger partial charge in [-0.2, -0.15) is 0 Å². The van der Waals surface area contributed by atoms with E-state index in [9.17, 15) is 30.3 Å². The molecule has 0 aliphatic carbocycles. The van der Waals surface area contributed by atoms with Crippen LogP contribution in [0.1, 0.15) is 239 Å². The third-order valence-corrected chi connectivity index (χ3v) is 13.2. The molecule has 7 unspecified atom stereocenters. The molecule has 1 heterocycles. The number of hydrogen-bond acceptors (Lipinski definition) is 8. The zero-order chi connectivity index (χ0) is 50.8. The van der Waals surface area contributed by atoms with Crippen LogP contribution >= 0.6 is 0 Å². The van der Waals surface area contributed by atoms with Gasteiger partial charge >= 0.3 is 0 Å². The van der Waals surface area contributed by atoms with E-state index in [1.807, 2.05) is 6.08 Å². The molecule has 7 atom stereocenters. The third kappa shape index (κ3) is 39.0. The Balaban J connectivity index is 2.23. The number of amides is 1. The van der Waals surface area contributed by atoms with Crippen molar-refractivity contribution in [2.45, 2.75) is 281 Å². The molecule has 1 amide bonds. The molecule has 0 aromatic carbocycles. The zero-order valence-corrected chi connectivity index (χ0v) is 44.7. The fourth-order valence-electron chi connectivity index (χ4n) is 8.67. The number of carbonyl (C=O) groups excluding carboxylic acids is 1. The minimum atomic E-state index is -1.58. The summed E-state index contributed by atoms with van der Waals surface area (Å²) in [5, 5.41) is 54.5. The van der Waals surface area contributed by atoms with E-state index in [0.29, 0.717) is 6.42 Å². The molecule has 0 saturated carbocycles. The Morgan fingerprint density at radius 2 is 0.900 bits per heavy atom. The second-order valence-corrected chi connectivity index (χ2v) is 19.7. The smallest absolute Gasteiger partial charge is 0.220 e.